The normalized spacial score (nSPS) is 10.7. The van der Waals surface area contributed by atoms with E-state index in [4.69, 9.17) is 22.6 Å². The van der Waals surface area contributed by atoms with Gasteiger partial charge in [-0.2, -0.15) is 0 Å². The fraction of sp³-hybridized carbons (Fsp3) is 0.211. The summed E-state index contributed by atoms with van der Waals surface area (Å²) in [5.41, 5.74) is 15.3. The number of benzene rings is 1. The average molecular weight is 349 g/mol. The fourth-order valence-corrected chi connectivity index (χ4v) is 3.27. The Morgan fingerprint density at radius 3 is 2.54 bits per heavy atom. The van der Waals surface area contributed by atoms with Gasteiger partial charge in [0.1, 0.15) is 23.1 Å². The molecular weight excluding hydrogens is 330 g/mol. The molecule has 7 nitrogen and oxygen atoms in total. The summed E-state index contributed by atoms with van der Waals surface area (Å²) < 4.78 is 7.12. The molecule has 0 saturated carbocycles. The topological polar surface area (TPSA) is 109 Å². The van der Waals surface area contributed by atoms with Crippen molar-refractivity contribution in [2.24, 2.45) is 5.73 Å². The number of ether oxygens (including phenoxy) is 1. The van der Waals surface area contributed by atoms with Crippen LogP contribution in [0.15, 0.2) is 12.1 Å². The molecule has 3 rings (SSSR count). The third-order valence-corrected chi connectivity index (χ3v) is 4.37. The lowest BCUT2D eigenvalue weighted by Gasteiger charge is -2.16. The molecule has 2 aromatic heterocycles. The molecule has 1 amide bonds. The molecule has 132 valence electrons. The second-order valence-electron chi connectivity index (χ2n) is 5.98. The van der Waals surface area contributed by atoms with E-state index in [1.54, 1.807) is 18.6 Å². The van der Waals surface area contributed by atoms with Crippen molar-refractivity contribution >= 4 is 22.8 Å². The molecule has 26 heavy (non-hydrogen) atoms. The first-order valence-corrected chi connectivity index (χ1v) is 7.91. The van der Waals surface area contributed by atoms with E-state index in [2.05, 4.69) is 15.9 Å². The van der Waals surface area contributed by atoms with Crippen molar-refractivity contribution in [1.82, 2.24) is 14.5 Å². The molecule has 0 atom stereocenters. The third-order valence-electron chi connectivity index (χ3n) is 4.37. The van der Waals surface area contributed by atoms with Gasteiger partial charge in [0.05, 0.1) is 23.7 Å². The lowest BCUT2D eigenvalue weighted by Crippen LogP contribution is -2.14. The molecule has 1 aromatic carbocycles. The lowest BCUT2D eigenvalue weighted by atomic mass is 10.1. The summed E-state index contributed by atoms with van der Waals surface area (Å²) in [7, 11) is 1.59. The monoisotopic (exact) mass is 349 g/mol. The zero-order valence-corrected chi connectivity index (χ0v) is 15.0. The molecule has 0 unspecified atom stereocenters. The number of hydrogen-bond donors (Lipinski definition) is 2. The van der Waals surface area contributed by atoms with Crippen molar-refractivity contribution in [3.8, 4) is 23.8 Å². The molecule has 7 heteroatoms. The molecule has 3 aromatic rings. The maximum atomic E-state index is 12.1. The minimum Gasteiger partial charge on any atom is -0.496 e. The first-order chi connectivity index (χ1) is 12.3. The Balaban J connectivity index is 2.58. The standard InChI is InChI=1S/C19H19N5O2/c1-6-12-14-15(18(21)25)17(20)24(19(14)23-11(4)22-12)16-9(2)7-8-13(26-5)10(16)3/h1,7-8H,20H2,2-5H3,(H2,21,25). The number of amides is 1. The second kappa shape index (κ2) is 6.08. The molecule has 0 spiro atoms. The van der Waals surface area contributed by atoms with E-state index in [0.717, 1.165) is 16.8 Å². The Bertz CT molecular complexity index is 1110. The lowest BCUT2D eigenvalue weighted by molar-refractivity contribution is 0.100. The van der Waals surface area contributed by atoms with E-state index in [-0.39, 0.29) is 17.1 Å². The van der Waals surface area contributed by atoms with E-state index in [1.165, 1.54) is 0 Å². The van der Waals surface area contributed by atoms with Crippen LogP contribution in [0, 0.1) is 33.1 Å². The molecule has 0 bridgehead atoms. The largest absolute Gasteiger partial charge is 0.496 e. The summed E-state index contributed by atoms with van der Waals surface area (Å²) in [6.07, 6.45) is 5.59. The smallest absolute Gasteiger partial charge is 0.253 e. The Kier molecular flexibility index (Phi) is 4.04. The van der Waals surface area contributed by atoms with E-state index in [9.17, 15) is 4.79 Å². The molecule has 0 aliphatic heterocycles. The summed E-state index contributed by atoms with van der Waals surface area (Å²) in [5.74, 6) is 3.14. The SMILES string of the molecule is C#Cc1nc(C)nc2c1c(C(N)=O)c(N)n2-c1c(C)ccc(OC)c1C. The number of carbonyl (C=O) groups is 1. The van der Waals surface area contributed by atoms with Gasteiger partial charge in [-0.15, -0.1) is 6.42 Å². The highest BCUT2D eigenvalue weighted by Gasteiger charge is 2.26. The first-order valence-electron chi connectivity index (χ1n) is 7.91. The van der Waals surface area contributed by atoms with E-state index >= 15 is 0 Å². The highest BCUT2D eigenvalue weighted by molar-refractivity contribution is 6.12. The van der Waals surface area contributed by atoms with Gasteiger partial charge in [0.25, 0.3) is 5.91 Å². The number of methoxy groups -OCH3 is 1. The summed E-state index contributed by atoms with van der Waals surface area (Å²) in [4.78, 5) is 20.8. The maximum Gasteiger partial charge on any atom is 0.253 e. The van der Waals surface area contributed by atoms with Crippen molar-refractivity contribution < 1.29 is 9.53 Å². The first kappa shape index (κ1) is 17.3. The van der Waals surface area contributed by atoms with Crippen molar-refractivity contribution in [1.29, 1.82) is 0 Å². The number of aromatic nitrogens is 3. The Labute approximate surface area is 151 Å². The van der Waals surface area contributed by atoms with Crippen LogP contribution in [0.2, 0.25) is 0 Å². The van der Waals surface area contributed by atoms with Crippen molar-refractivity contribution in [3.05, 3.63) is 40.3 Å². The third kappa shape index (κ3) is 2.35. The predicted molar refractivity (Wildman–Crippen MR) is 100 cm³/mol. The number of nitrogens with zero attached hydrogens (tertiary/aromatic N) is 3. The number of carbonyl (C=O) groups excluding carboxylic acids is 1. The van der Waals surface area contributed by atoms with Crippen LogP contribution in [0.25, 0.3) is 16.7 Å². The highest BCUT2D eigenvalue weighted by atomic mass is 16.5. The number of nitrogen functional groups attached to an aromatic ring is 1. The van der Waals surface area contributed by atoms with Crippen LogP contribution in [0.4, 0.5) is 5.82 Å². The summed E-state index contributed by atoms with van der Waals surface area (Å²) in [6.45, 7) is 5.57. The van der Waals surface area contributed by atoms with E-state index in [0.29, 0.717) is 22.6 Å². The summed E-state index contributed by atoms with van der Waals surface area (Å²) >= 11 is 0. The van der Waals surface area contributed by atoms with Crippen molar-refractivity contribution in [2.75, 3.05) is 12.8 Å². The minimum absolute atomic E-state index is 0.120. The van der Waals surface area contributed by atoms with Gasteiger partial charge >= 0.3 is 0 Å². The molecule has 0 aliphatic rings. The van der Waals surface area contributed by atoms with Crippen LogP contribution in [0.5, 0.6) is 5.75 Å². The maximum absolute atomic E-state index is 12.1. The Morgan fingerprint density at radius 1 is 1.27 bits per heavy atom. The minimum atomic E-state index is -0.687. The van der Waals surface area contributed by atoms with Crippen LogP contribution < -0.4 is 16.2 Å². The number of terminal acetylenes is 1. The average Bonchev–Trinajstić information content (AvgIpc) is 2.87. The highest BCUT2D eigenvalue weighted by Crippen LogP contribution is 2.36. The van der Waals surface area contributed by atoms with Gasteiger partial charge in [0.15, 0.2) is 5.65 Å². The Hall–Kier alpha value is -3.53. The van der Waals surface area contributed by atoms with Gasteiger partial charge in [-0.25, -0.2) is 9.97 Å². The van der Waals surface area contributed by atoms with E-state index in [1.807, 2.05) is 26.0 Å². The van der Waals surface area contributed by atoms with Crippen LogP contribution >= 0.6 is 0 Å². The second-order valence-corrected chi connectivity index (χ2v) is 5.98. The molecule has 0 aliphatic carbocycles. The Morgan fingerprint density at radius 2 is 1.96 bits per heavy atom. The van der Waals surface area contributed by atoms with Crippen molar-refractivity contribution in [2.45, 2.75) is 20.8 Å². The van der Waals surface area contributed by atoms with Gasteiger partial charge < -0.3 is 16.2 Å². The number of hydrogen-bond acceptors (Lipinski definition) is 5. The van der Waals surface area contributed by atoms with Gasteiger partial charge in [0, 0.05) is 5.56 Å². The van der Waals surface area contributed by atoms with E-state index < -0.39 is 5.91 Å². The van der Waals surface area contributed by atoms with Crippen LogP contribution in [0.3, 0.4) is 0 Å². The van der Waals surface area contributed by atoms with Gasteiger partial charge in [-0.1, -0.05) is 6.07 Å². The van der Waals surface area contributed by atoms with Gasteiger partial charge in [-0.05, 0) is 38.3 Å². The molecule has 4 N–H and O–H groups in total. The molecular formula is C19H19N5O2. The number of rotatable bonds is 3. The van der Waals surface area contributed by atoms with Crippen LogP contribution in [-0.4, -0.2) is 27.6 Å². The predicted octanol–water partition coefficient (Wildman–Crippen LogP) is 2.02. The quantitative estimate of drug-likeness (QED) is 0.703. The summed E-state index contributed by atoms with van der Waals surface area (Å²) in [5, 5.41) is 0.379. The summed E-state index contributed by atoms with van der Waals surface area (Å²) in [6, 6.07) is 3.78. The number of fused-ring (bicyclic) bond motifs is 1. The number of aryl methyl sites for hydroxylation is 2. The number of primary amides is 1. The molecule has 0 fully saturated rings. The van der Waals surface area contributed by atoms with Gasteiger partial charge in [-0.3, -0.25) is 9.36 Å². The number of anilines is 1. The molecule has 2 heterocycles. The van der Waals surface area contributed by atoms with Crippen LogP contribution in [0.1, 0.15) is 33.0 Å². The zero-order valence-electron chi connectivity index (χ0n) is 15.0. The molecule has 0 saturated heterocycles. The number of nitrogens with two attached hydrogens (primary N) is 2. The fourth-order valence-electron chi connectivity index (χ4n) is 3.27. The van der Waals surface area contributed by atoms with Crippen molar-refractivity contribution in [3.63, 3.8) is 0 Å². The molecule has 0 radical (unpaired) electrons. The zero-order chi connectivity index (χ0) is 19.2. The van der Waals surface area contributed by atoms with Gasteiger partial charge in [0.2, 0.25) is 0 Å². The van der Waals surface area contributed by atoms with Crippen LogP contribution in [-0.2, 0) is 0 Å².